The predicted molar refractivity (Wildman–Crippen MR) is 50.9 cm³/mol. The van der Waals surface area contributed by atoms with E-state index in [0.717, 1.165) is 12.7 Å². The van der Waals surface area contributed by atoms with Crippen molar-refractivity contribution < 1.29 is 26.7 Å². The lowest BCUT2D eigenvalue weighted by atomic mass is 10.3. The fourth-order valence-corrected chi connectivity index (χ4v) is 1.18. The summed E-state index contributed by atoms with van der Waals surface area (Å²) in [7, 11) is 0. The fraction of sp³-hybridized carbons (Fsp3) is 0.250. The van der Waals surface area contributed by atoms with Gasteiger partial charge in [0.25, 0.3) is 0 Å². The van der Waals surface area contributed by atoms with Crippen LogP contribution in [0.1, 0.15) is 11.6 Å². The third kappa shape index (κ3) is 2.30. The minimum absolute atomic E-state index is 0.0241. The van der Waals surface area contributed by atoms with Crippen molar-refractivity contribution in [3.63, 3.8) is 0 Å². The summed E-state index contributed by atoms with van der Waals surface area (Å²) in [6.45, 7) is 0. The Bertz CT molecular complexity index is 710. The second kappa shape index (κ2) is 4.58. The second-order valence-corrected chi connectivity index (χ2v) is 3.48. The molecule has 0 aliphatic carbocycles. The summed E-state index contributed by atoms with van der Waals surface area (Å²) >= 11 is 0. The molecule has 2 aromatic heterocycles. The first-order valence-electron chi connectivity index (χ1n) is 4.90. The Morgan fingerprint density at radius 3 is 2.43 bits per heavy atom. The Morgan fingerprint density at radius 1 is 1.29 bits per heavy atom. The average Bonchev–Trinajstić information content (AvgIpc) is 3.06. The molecule has 110 valence electrons. The normalized spacial score (nSPS) is 12.2. The van der Waals surface area contributed by atoms with Gasteiger partial charge in [-0.1, -0.05) is 0 Å². The Labute approximate surface area is 111 Å². The number of carbonyl (C=O) groups excluding carboxylic acids is 1. The van der Waals surface area contributed by atoms with Crippen LogP contribution in [0.4, 0.5) is 26.7 Å². The number of alkyl halides is 5. The van der Waals surface area contributed by atoms with Crippen molar-refractivity contribution in [2.24, 2.45) is 0 Å². The highest BCUT2D eigenvalue weighted by molar-refractivity contribution is 5.78. The number of nitrogens with zero attached hydrogens (tertiary/aromatic N) is 7. The Balaban J connectivity index is 2.52. The van der Waals surface area contributed by atoms with Crippen molar-refractivity contribution in [3.05, 3.63) is 24.3 Å². The number of aromatic nitrogens is 6. The molecule has 0 aromatic carbocycles. The molecule has 0 atom stereocenters. The van der Waals surface area contributed by atoms with E-state index in [4.69, 9.17) is 5.26 Å². The van der Waals surface area contributed by atoms with Crippen LogP contribution >= 0.6 is 0 Å². The monoisotopic (exact) mass is 307 g/mol. The van der Waals surface area contributed by atoms with Crippen molar-refractivity contribution in [1.29, 1.82) is 5.26 Å². The van der Waals surface area contributed by atoms with Crippen LogP contribution in [0, 0.1) is 11.3 Å². The van der Waals surface area contributed by atoms with Gasteiger partial charge in [0, 0.05) is 0 Å². The molecule has 13 heteroatoms. The van der Waals surface area contributed by atoms with Crippen LogP contribution in [-0.2, 0) is 5.92 Å². The summed E-state index contributed by atoms with van der Waals surface area (Å²) in [6, 6.07) is -0.102. The lowest BCUT2D eigenvalue weighted by Gasteiger charge is -2.15. The SMILES string of the molecule is N#Cc1nc(C(F)(F)C(F)(F)F)nn1C(=O)n1cncn1. The summed E-state index contributed by atoms with van der Waals surface area (Å²) in [5, 5.41) is 14.7. The summed E-state index contributed by atoms with van der Waals surface area (Å²) in [5.41, 5.74) is 0. The molecule has 2 aromatic rings. The Hall–Kier alpha value is -2.91. The van der Waals surface area contributed by atoms with Crippen molar-refractivity contribution in [2.45, 2.75) is 12.1 Å². The zero-order valence-corrected chi connectivity index (χ0v) is 9.58. The molecule has 0 fully saturated rings. The van der Waals surface area contributed by atoms with Gasteiger partial charge in [0.05, 0.1) is 0 Å². The number of carbonyl (C=O) groups is 1. The van der Waals surface area contributed by atoms with Crippen LogP contribution in [0.2, 0.25) is 0 Å². The fourth-order valence-electron chi connectivity index (χ4n) is 1.18. The van der Waals surface area contributed by atoms with Gasteiger partial charge in [-0.15, -0.1) is 9.78 Å². The van der Waals surface area contributed by atoms with Gasteiger partial charge in [0.1, 0.15) is 18.7 Å². The van der Waals surface area contributed by atoms with Gasteiger partial charge in [-0.2, -0.15) is 42.0 Å². The van der Waals surface area contributed by atoms with Crippen molar-refractivity contribution in [1.82, 2.24) is 29.5 Å². The highest BCUT2D eigenvalue weighted by Gasteiger charge is 2.62. The van der Waals surface area contributed by atoms with E-state index in [1.165, 1.54) is 6.07 Å². The molecule has 0 aliphatic heterocycles. The molecule has 0 aliphatic rings. The van der Waals surface area contributed by atoms with E-state index in [2.05, 4.69) is 20.2 Å². The van der Waals surface area contributed by atoms with Gasteiger partial charge >= 0.3 is 18.1 Å². The van der Waals surface area contributed by atoms with E-state index in [1.807, 2.05) is 0 Å². The van der Waals surface area contributed by atoms with E-state index < -0.39 is 29.8 Å². The highest BCUT2D eigenvalue weighted by atomic mass is 19.4. The van der Waals surface area contributed by atoms with Crippen LogP contribution in [0.15, 0.2) is 12.7 Å². The largest absolute Gasteiger partial charge is 0.461 e. The zero-order valence-electron chi connectivity index (χ0n) is 9.58. The molecule has 0 saturated carbocycles. The number of nitriles is 1. The minimum atomic E-state index is -5.97. The number of rotatable bonds is 1. The summed E-state index contributed by atoms with van der Waals surface area (Å²) in [4.78, 5) is 17.8. The third-order valence-electron chi connectivity index (χ3n) is 2.14. The van der Waals surface area contributed by atoms with E-state index >= 15 is 0 Å². The first-order valence-corrected chi connectivity index (χ1v) is 4.90. The van der Waals surface area contributed by atoms with Gasteiger partial charge in [-0.3, -0.25) is 0 Å². The van der Waals surface area contributed by atoms with Crippen LogP contribution in [0.25, 0.3) is 0 Å². The van der Waals surface area contributed by atoms with Gasteiger partial charge in [-0.05, 0) is 0 Å². The lowest BCUT2D eigenvalue weighted by molar-refractivity contribution is -0.292. The van der Waals surface area contributed by atoms with E-state index in [9.17, 15) is 26.7 Å². The highest BCUT2D eigenvalue weighted by Crippen LogP contribution is 2.42. The average molecular weight is 307 g/mol. The first-order chi connectivity index (χ1) is 9.68. The Kier molecular flexibility index (Phi) is 3.16. The molecule has 0 spiro atoms. The second-order valence-electron chi connectivity index (χ2n) is 3.48. The minimum Gasteiger partial charge on any atom is -0.243 e. The lowest BCUT2D eigenvalue weighted by Crippen LogP contribution is -2.35. The predicted octanol–water partition coefficient (Wildman–Crippen LogP) is 0.912. The van der Waals surface area contributed by atoms with E-state index in [-0.39, 0.29) is 4.68 Å². The molecule has 0 saturated heterocycles. The maximum Gasteiger partial charge on any atom is 0.461 e. The third-order valence-corrected chi connectivity index (χ3v) is 2.14. The molecule has 2 rings (SSSR count). The maximum absolute atomic E-state index is 13.1. The summed E-state index contributed by atoms with van der Waals surface area (Å²) in [6.07, 6.45) is -4.22. The number of halogens is 5. The standard InChI is InChI=1S/C8H2F5N7O/c9-7(10,8(11,12)13)5-17-4(1-14)20(18-5)6(21)19-3-15-2-16-19/h2-3H. The van der Waals surface area contributed by atoms with Crippen molar-refractivity contribution in [2.75, 3.05) is 0 Å². The molecule has 0 amide bonds. The van der Waals surface area contributed by atoms with Crippen molar-refractivity contribution in [3.8, 4) is 6.07 Å². The molecule has 0 unspecified atom stereocenters. The van der Waals surface area contributed by atoms with E-state index in [1.54, 1.807) is 0 Å². The topological polar surface area (TPSA) is 102 Å². The molecule has 0 N–H and O–H groups in total. The molecule has 0 bridgehead atoms. The quantitative estimate of drug-likeness (QED) is 0.726. The molecular formula is C8H2F5N7O. The number of hydrogen-bond acceptors (Lipinski definition) is 6. The smallest absolute Gasteiger partial charge is 0.243 e. The van der Waals surface area contributed by atoms with Crippen LogP contribution in [0.3, 0.4) is 0 Å². The van der Waals surface area contributed by atoms with Gasteiger partial charge in [-0.25, -0.2) is 9.78 Å². The molecule has 21 heavy (non-hydrogen) atoms. The van der Waals surface area contributed by atoms with Crippen LogP contribution < -0.4 is 0 Å². The molecule has 2 heterocycles. The number of hydrogen-bond donors (Lipinski definition) is 0. The first kappa shape index (κ1) is 14.5. The maximum atomic E-state index is 13.1. The summed E-state index contributed by atoms with van der Waals surface area (Å²) < 4.78 is 63.2. The van der Waals surface area contributed by atoms with Crippen LogP contribution in [0.5, 0.6) is 0 Å². The summed E-state index contributed by atoms with van der Waals surface area (Å²) in [5.74, 6) is -8.47. The van der Waals surface area contributed by atoms with Crippen LogP contribution in [-0.4, -0.2) is 41.7 Å². The van der Waals surface area contributed by atoms with E-state index in [0.29, 0.717) is 4.68 Å². The molecular weight excluding hydrogens is 305 g/mol. The van der Waals surface area contributed by atoms with Gasteiger partial charge < -0.3 is 0 Å². The zero-order chi connectivity index (χ0) is 15.8. The van der Waals surface area contributed by atoms with Crippen molar-refractivity contribution >= 4 is 6.03 Å². The van der Waals surface area contributed by atoms with Gasteiger partial charge in [0.2, 0.25) is 11.6 Å². The Morgan fingerprint density at radius 2 is 1.95 bits per heavy atom. The molecule has 0 radical (unpaired) electrons. The molecule has 8 nitrogen and oxygen atoms in total. The van der Waals surface area contributed by atoms with Gasteiger partial charge in [0.15, 0.2) is 0 Å².